The normalized spacial score (nSPS) is 14.8. The Labute approximate surface area is 222 Å². The lowest BCUT2D eigenvalue weighted by molar-refractivity contribution is -0.131. The minimum atomic E-state index is -1.15. The number of nitrogens with one attached hydrogen (secondary N) is 2. The maximum Gasteiger partial charge on any atom is 0.240 e. The standard InChI is InChI=1S/C29H24FN3O6/c1-36-23-16-21-24(26-25(23)37-14-15-38-26)22(10-13-31-21)39-20-8-6-19(7-9-20)33-28(35)29(11-12-29)27(34)32-18-4-2-17(30)3-5-18/h2-10,13,16H,11-12,14-15H2,1H3,(H,32,34)(H,33,35). The molecule has 1 aliphatic carbocycles. The van der Waals surface area contributed by atoms with Gasteiger partial charge in [0.05, 0.1) is 18.0 Å². The predicted molar refractivity (Wildman–Crippen MR) is 141 cm³/mol. The van der Waals surface area contributed by atoms with Crippen LogP contribution in [0.2, 0.25) is 0 Å². The third-order valence-corrected chi connectivity index (χ3v) is 6.72. The van der Waals surface area contributed by atoms with E-state index in [1.54, 1.807) is 49.7 Å². The van der Waals surface area contributed by atoms with Crippen LogP contribution in [0.4, 0.5) is 15.8 Å². The molecule has 0 unspecified atom stereocenters. The van der Waals surface area contributed by atoms with Gasteiger partial charge in [0, 0.05) is 23.6 Å². The molecule has 0 spiro atoms. The maximum absolute atomic E-state index is 13.2. The lowest BCUT2D eigenvalue weighted by Crippen LogP contribution is -2.35. The summed E-state index contributed by atoms with van der Waals surface area (Å²) in [4.78, 5) is 30.2. The largest absolute Gasteiger partial charge is 0.493 e. The van der Waals surface area contributed by atoms with Gasteiger partial charge >= 0.3 is 0 Å². The number of amides is 2. The minimum absolute atomic E-state index is 0.390. The molecule has 0 atom stereocenters. The summed E-state index contributed by atoms with van der Waals surface area (Å²) >= 11 is 0. The van der Waals surface area contributed by atoms with Crippen molar-refractivity contribution in [3.63, 3.8) is 0 Å². The average Bonchev–Trinajstić information content (AvgIpc) is 3.77. The zero-order valence-corrected chi connectivity index (χ0v) is 21.0. The Bertz CT molecular complexity index is 1570. The van der Waals surface area contributed by atoms with E-state index < -0.39 is 23.0 Å². The van der Waals surface area contributed by atoms with Crippen molar-refractivity contribution in [2.75, 3.05) is 31.0 Å². The smallest absolute Gasteiger partial charge is 0.240 e. The van der Waals surface area contributed by atoms with Crippen LogP contribution in [0.15, 0.2) is 66.9 Å². The predicted octanol–water partition coefficient (Wildman–Crippen LogP) is 5.30. The van der Waals surface area contributed by atoms with Crippen LogP contribution in [0.25, 0.3) is 10.9 Å². The number of carbonyl (C=O) groups excluding carboxylic acids is 2. The molecule has 0 bridgehead atoms. The molecule has 1 aromatic heterocycles. The molecule has 2 amide bonds. The topological polar surface area (TPSA) is 108 Å². The highest BCUT2D eigenvalue weighted by Crippen LogP contribution is 2.49. The number of nitrogens with zero attached hydrogens (tertiary/aromatic N) is 1. The minimum Gasteiger partial charge on any atom is -0.493 e. The average molecular weight is 530 g/mol. The summed E-state index contributed by atoms with van der Waals surface area (Å²) in [6, 6.07) is 15.7. The SMILES string of the molecule is COc1cc2nccc(Oc3ccc(NC(=O)C4(C(=O)Nc5ccc(F)cc5)CC4)cc3)c2c2c1OCCO2. The zero-order chi connectivity index (χ0) is 27.0. The van der Waals surface area contributed by atoms with E-state index in [1.165, 1.54) is 24.3 Å². The van der Waals surface area contributed by atoms with Crippen LogP contribution >= 0.6 is 0 Å². The highest BCUT2D eigenvalue weighted by atomic mass is 19.1. The number of pyridine rings is 1. The lowest BCUT2D eigenvalue weighted by Gasteiger charge is -2.23. The van der Waals surface area contributed by atoms with Crippen molar-refractivity contribution in [3.8, 4) is 28.7 Å². The van der Waals surface area contributed by atoms with Gasteiger partial charge in [0.2, 0.25) is 17.6 Å². The van der Waals surface area contributed by atoms with E-state index in [1.807, 2.05) is 0 Å². The fourth-order valence-corrected chi connectivity index (χ4v) is 4.46. The molecule has 1 fully saturated rings. The van der Waals surface area contributed by atoms with Crippen LogP contribution in [0.5, 0.6) is 28.7 Å². The Morgan fingerprint density at radius 2 is 1.49 bits per heavy atom. The summed E-state index contributed by atoms with van der Waals surface area (Å²) in [5.74, 6) is 1.38. The summed E-state index contributed by atoms with van der Waals surface area (Å²) in [5, 5.41) is 6.18. The Kier molecular flexibility index (Phi) is 6.14. The van der Waals surface area contributed by atoms with Crippen LogP contribution in [-0.4, -0.2) is 37.1 Å². The fourth-order valence-electron chi connectivity index (χ4n) is 4.46. The number of methoxy groups -OCH3 is 1. The molecular formula is C29H24FN3O6. The Balaban J connectivity index is 1.17. The van der Waals surface area contributed by atoms with E-state index >= 15 is 0 Å². The second-order valence-electron chi connectivity index (χ2n) is 9.26. The van der Waals surface area contributed by atoms with E-state index in [2.05, 4.69) is 15.6 Å². The van der Waals surface area contributed by atoms with E-state index in [0.29, 0.717) is 77.1 Å². The first-order chi connectivity index (χ1) is 19.0. The number of halogens is 1. The summed E-state index contributed by atoms with van der Waals surface area (Å²) in [6.07, 6.45) is 2.50. The van der Waals surface area contributed by atoms with Crippen LogP contribution in [-0.2, 0) is 9.59 Å². The zero-order valence-electron chi connectivity index (χ0n) is 21.0. The van der Waals surface area contributed by atoms with Gasteiger partial charge in [-0.2, -0.15) is 0 Å². The number of carbonyl (C=O) groups is 2. The first kappa shape index (κ1) is 24.5. The molecule has 0 radical (unpaired) electrons. The number of anilines is 2. The molecular weight excluding hydrogens is 505 g/mol. The molecule has 2 N–H and O–H groups in total. The van der Waals surface area contributed by atoms with Crippen molar-refractivity contribution in [2.45, 2.75) is 12.8 Å². The fraction of sp³-hybridized carbons (Fsp3) is 0.207. The van der Waals surface area contributed by atoms with Crippen LogP contribution in [0.1, 0.15) is 12.8 Å². The van der Waals surface area contributed by atoms with Crippen molar-refractivity contribution >= 4 is 34.1 Å². The Morgan fingerprint density at radius 3 is 2.10 bits per heavy atom. The quantitative estimate of drug-likeness (QED) is 0.313. The first-order valence-corrected chi connectivity index (χ1v) is 12.4. The number of benzene rings is 3. The van der Waals surface area contributed by atoms with Gasteiger partial charge in [-0.05, 0) is 67.4 Å². The van der Waals surface area contributed by atoms with Crippen molar-refractivity contribution in [3.05, 3.63) is 72.7 Å². The van der Waals surface area contributed by atoms with Gasteiger partial charge in [-0.25, -0.2) is 4.39 Å². The van der Waals surface area contributed by atoms with Crippen molar-refractivity contribution in [1.82, 2.24) is 4.98 Å². The van der Waals surface area contributed by atoms with Crippen molar-refractivity contribution in [2.24, 2.45) is 5.41 Å². The van der Waals surface area contributed by atoms with Gasteiger partial charge in [-0.15, -0.1) is 0 Å². The molecule has 198 valence electrons. The second kappa shape index (κ2) is 9.79. The highest BCUT2D eigenvalue weighted by molar-refractivity contribution is 6.16. The Morgan fingerprint density at radius 1 is 0.872 bits per heavy atom. The lowest BCUT2D eigenvalue weighted by atomic mass is 10.0. The first-order valence-electron chi connectivity index (χ1n) is 12.4. The summed E-state index contributed by atoms with van der Waals surface area (Å²) in [5.41, 5.74) is 0.432. The molecule has 6 rings (SSSR count). The van der Waals surface area contributed by atoms with Crippen LogP contribution in [0.3, 0.4) is 0 Å². The van der Waals surface area contributed by atoms with E-state index in [9.17, 15) is 14.0 Å². The van der Waals surface area contributed by atoms with Gasteiger partial charge in [0.15, 0.2) is 11.5 Å². The second-order valence-corrected chi connectivity index (χ2v) is 9.26. The summed E-state index contributed by atoms with van der Waals surface area (Å²) < 4.78 is 36.4. The monoisotopic (exact) mass is 529 g/mol. The van der Waals surface area contributed by atoms with Crippen LogP contribution in [0, 0.1) is 11.2 Å². The Hall–Kier alpha value is -4.86. The highest BCUT2D eigenvalue weighted by Gasteiger charge is 2.56. The molecule has 4 aromatic rings. The van der Waals surface area contributed by atoms with E-state index in [4.69, 9.17) is 18.9 Å². The van der Waals surface area contributed by atoms with Gasteiger partial charge in [0.1, 0.15) is 35.9 Å². The molecule has 9 nitrogen and oxygen atoms in total. The molecule has 3 aromatic carbocycles. The number of aromatic nitrogens is 1. The van der Waals surface area contributed by atoms with E-state index in [0.717, 1.165) is 0 Å². The van der Waals surface area contributed by atoms with Gasteiger partial charge in [-0.3, -0.25) is 14.6 Å². The number of hydrogen-bond donors (Lipinski definition) is 2. The number of rotatable bonds is 7. The van der Waals surface area contributed by atoms with E-state index in [-0.39, 0.29) is 0 Å². The van der Waals surface area contributed by atoms with Gasteiger partial charge in [-0.1, -0.05) is 0 Å². The number of ether oxygens (including phenoxy) is 4. The maximum atomic E-state index is 13.2. The molecule has 1 saturated carbocycles. The molecule has 10 heteroatoms. The van der Waals surface area contributed by atoms with Crippen molar-refractivity contribution in [1.29, 1.82) is 0 Å². The van der Waals surface area contributed by atoms with Gasteiger partial charge in [0.25, 0.3) is 0 Å². The van der Waals surface area contributed by atoms with Gasteiger partial charge < -0.3 is 29.6 Å². The van der Waals surface area contributed by atoms with Crippen molar-refractivity contribution < 1.29 is 32.9 Å². The molecule has 1 aliphatic heterocycles. The molecule has 0 saturated heterocycles. The number of fused-ring (bicyclic) bond motifs is 3. The summed E-state index contributed by atoms with van der Waals surface area (Å²) in [6.45, 7) is 0.801. The third kappa shape index (κ3) is 4.65. The third-order valence-electron chi connectivity index (χ3n) is 6.72. The molecule has 2 heterocycles. The molecule has 39 heavy (non-hydrogen) atoms. The van der Waals surface area contributed by atoms with Crippen LogP contribution < -0.4 is 29.6 Å². The number of hydrogen-bond acceptors (Lipinski definition) is 7. The molecule has 2 aliphatic rings. The summed E-state index contributed by atoms with van der Waals surface area (Å²) in [7, 11) is 1.56.